The third-order valence-corrected chi connectivity index (χ3v) is 19.4. The van der Waals surface area contributed by atoms with Gasteiger partial charge in [0.15, 0.2) is 0 Å². The van der Waals surface area contributed by atoms with Gasteiger partial charge in [-0.05, 0) is 98.9 Å². The van der Waals surface area contributed by atoms with Gasteiger partial charge < -0.3 is 55.1 Å². The normalized spacial score (nSPS) is 18.9. The van der Waals surface area contributed by atoms with Crippen molar-refractivity contribution in [3.8, 4) is 0 Å². The molecular weight excluding hydrogens is 1290 g/mol. The minimum atomic E-state index is -4.72. The van der Waals surface area contributed by atoms with E-state index in [9.17, 15) is 61.4 Å². The summed E-state index contributed by atoms with van der Waals surface area (Å²) >= 11 is 0. The number of anilines is 1. The highest BCUT2D eigenvalue weighted by molar-refractivity contribution is 6.12. The van der Waals surface area contributed by atoms with Crippen molar-refractivity contribution in [2.45, 2.75) is 213 Å². The summed E-state index contributed by atoms with van der Waals surface area (Å²) < 4.78 is 66.9. The van der Waals surface area contributed by atoms with Gasteiger partial charge >= 0.3 is 12.3 Å². The van der Waals surface area contributed by atoms with Crippen LogP contribution < -0.4 is 26.6 Å². The van der Waals surface area contributed by atoms with Crippen LogP contribution in [0.3, 0.4) is 0 Å². The highest BCUT2D eigenvalue weighted by Crippen LogP contribution is 2.32. The molecule has 0 bridgehead atoms. The minimum absolute atomic E-state index is 0.0800. The molecule has 0 saturated carbocycles. The molecule has 27 heteroatoms. The van der Waals surface area contributed by atoms with Crippen LogP contribution in [0.4, 0.5) is 23.7 Å². The van der Waals surface area contributed by atoms with Crippen molar-refractivity contribution in [2.24, 2.45) is 29.6 Å². The molecule has 2 fully saturated rings. The van der Waals surface area contributed by atoms with Crippen LogP contribution >= 0.6 is 0 Å². The van der Waals surface area contributed by atoms with E-state index in [4.69, 9.17) is 18.9 Å². The average Bonchev–Trinajstić information content (AvgIpc) is 1.80. The molecule has 3 heterocycles. The predicted molar refractivity (Wildman–Crippen MR) is 368 cm³/mol. The first-order valence-electron chi connectivity index (χ1n) is 35.1. The molecule has 2 aromatic rings. The molecule has 0 spiro atoms. The number of halogens is 3. The summed E-state index contributed by atoms with van der Waals surface area (Å²) in [4.78, 5) is 131. The summed E-state index contributed by atoms with van der Waals surface area (Å²) in [5, 5.41) is 24.9. The Labute approximate surface area is 582 Å². The fourth-order valence-electron chi connectivity index (χ4n) is 13.3. The van der Waals surface area contributed by atoms with E-state index < -0.39 is 138 Å². The highest BCUT2D eigenvalue weighted by atomic mass is 19.4. The Hall–Kier alpha value is -7.04. The van der Waals surface area contributed by atoms with Crippen molar-refractivity contribution in [3.63, 3.8) is 0 Å². The van der Waals surface area contributed by atoms with Crippen LogP contribution in [-0.2, 0) is 63.9 Å². The molecule has 24 nitrogen and oxygen atoms in total. The van der Waals surface area contributed by atoms with E-state index in [1.165, 1.54) is 26.2 Å². The Bertz CT molecular complexity index is 2960. The Kier molecular flexibility index (Phi) is 33.2. The Morgan fingerprint density at radius 3 is 1.92 bits per heavy atom. The fourth-order valence-corrected chi connectivity index (χ4v) is 13.3. The molecule has 13 atom stereocenters. The third-order valence-electron chi connectivity index (χ3n) is 19.4. The Balaban J connectivity index is 1.20. The van der Waals surface area contributed by atoms with Gasteiger partial charge in [-0.3, -0.25) is 58.4 Å². The smallest absolute Gasteiger partial charge is 0.410 e. The summed E-state index contributed by atoms with van der Waals surface area (Å²) in [5.74, 6) is -6.33. The lowest BCUT2D eigenvalue weighted by Gasteiger charge is -2.41. The van der Waals surface area contributed by atoms with E-state index in [0.29, 0.717) is 94.7 Å². The molecule has 2 saturated heterocycles. The number of morpholine rings is 1. The number of methoxy groups -OCH3 is 2. The average molecular weight is 1400 g/mol. The minimum Gasteiger partial charge on any atom is -0.445 e. The van der Waals surface area contributed by atoms with Gasteiger partial charge in [0.1, 0.15) is 30.8 Å². The quantitative estimate of drug-likeness (QED) is 0.0286. The lowest BCUT2D eigenvalue weighted by Crippen LogP contribution is -2.60. The third kappa shape index (κ3) is 24.1. The number of hydrogen-bond acceptors (Lipinski definition) is 16. The van der Waals surface area contributed by atoms with E-state index in [0.717, 1.165) is 17.1 Å². The second-order valence-corrected chi connectivity index (χ2v) is 27.7. The Morgan fingerprint density at radius 2 is 1.34 bits per heavy atom. The predicted octanol–water partition coefficient (Wildman–Crippen LogP) is 7.15. The molecule has 5 rings (SSSR count). The maximum Gasteiger partial charge on any atom is 0.410 e. The van der Waals surface area contributed by atoms with Gasteiger partial charge in [-0.2, -0.15) is 13.2 Å². The molecule has 3 aliphatic heterocycles. The van der Waals surface area contributed by atoms with Crippen molar-refractivity contribution in [2.75, 3.05) is 79.6 Å². The summed E-state index contributed by atoms with van der Waals surface area (Å²) in [6, 6.07) is 6.98. The molecule has 2 aromatic carbocycles. The number of nitrogens with one attached hydrogen (secondary N) is 5. The number of likely N-dealkylation sites (N-methyl/N-ethyl adjacent to an activating group) is 2. The van der Waals surface area contributed by atoms with E-state index in [1.807, 2.05) is 32.0 Å². The molecule has 99 heavy (non-hydrogen) atoms. The second-order valence-electron chi connectivity index (χ2n) is 27.7. The largest absolute Gasteiger partial charge is 0.445 e. The number of benzene rings is 2. The SMILES string of the molecule is CC[C@H](C)[C@@H]([C@@H](CC(=O)N1CCC[C@H]1[C@H](OC)[C@@H](C)C(=O)N[C@H](C)[C@@H](O)c1ccccc1)OC)N(C)C(=O)[C@@H](NC(=O)[C@H](C(C)C)N(C)C(=O)OCc1ccc(NC(=O)[C@H](CCCN2CCOCC2)NC(=O)[C@@H](N[C@@H](CCCCCN2C(=O)C=CC2=O)C(F)(F)F)C(C)C)cc1)C(C)C. The lowest BCUT2D eigenvalue weighted by atomic mass is 9.89. The van der Waals surface area contributed by atoms with Gasteiger partial charge in [-0.1, -0.05) is 124 Å². The summed E-state index contributed by atoms with van der Waals surface area (Å²) in [7, 11) is 6.06. The number of imide groups is 1. The zero-order chi connectivity index (χ0) is 73.4. The van der Waals surface area contributed by atoms with Crippen molar-refractivity contribution < 1.29 is 80.4 Å². The fraction of sp³-hybridized carbons (Fsp3) is 0.681. The zero-order valence-corrected chi connectivity index (χ0v) is 60.4. The first-order valence-corrected chi connectivity index (χ1v) is 35.1. The number of aliphatic hydroxyl groups is 1. The van der Waals surface area contributed by atoms with Gasteiger partial charge in [0.25, 0.3) is 11.8 Å². The molecule has 0 unspecified atom stereocenters. The monoisotopic (exact) mass is 1400 g/mol. The van der Waals surface area contributed by atoms with Crippen molar-refractivity contribution in [1.82, 2.24) is 45.8 Å². The van der Waals surface area contributed by atoms with Crippen LogP contribution in [0.1, 0.15) is 151 Å². The van der Waals surface area contributed by atoms with E-state index in [1.54, 1.807) is 109 Å². The van der Waals surface area contributed by atoms with Gasteiger partial charge in [0, 0.05) is 72.3 Å². The molecule has 0 aromatic heterocycles. The van der Waals surface area contributed by atoms with Gasteiger partial charge in [-0.15, -0.1) is 0 Å². The molecule has 0 radical (unpaired) electrons. The number of hydrogen-bond donors (Lipinski definition) is 6. The van der Waals surface area contributed by atoms with E-state index in [-0.39, 0.29) is 56.6 Å². The molecule has 9 amide bonds. The van der Waals surface area contributed by atoms with Gasteiger partial charge in [-0.25, -0.2) is 4.79 Å². The molecule has 0 aliphatic carbocycles. The number of unbranched alkanes of at least 4 members (excludes halogenated alkanes) is 2. The number of carbonyl (C=O) groups is 9. The standard InChI is InChI=1S/C72H111F3N10O14/c1-15-47(8)63(55(96-13)42-59(88)84-37-23-27-54(84)65(97-14)48(9)66(90)76-49(10)64(89)51-24-18-16-19-25-51)81(11)70(94)61(45(4)5)80-69(93)62(46(6)7)82(12)71(95)99-43-50-29-31-52(32-30-50)77-67(91)53(26-22-35-83-38-40-98-41-39-83)78-68(92)60(44(2)3)79-56(72(73,74)75)28-20-17-21-36-85-57(86)33-34-58(85)87/h16,18-19,24-25,29-34,44-49,53-56,60-65,79,89H,15,17,20-23,26-28,35-43H2,1-14H3,(H,76,90)(H,77,91)(H,78,92)(H,80,93)/t47-,48+,49+,53-,54-,55+,56-,60-,61-,62-,63-,64+,65+/m0/s1. The van der Waals surface area contributed by atoms with Crippen LogP contribution in [0.2, 0.25) is 0 Å². The molecule has 554 valence electrons. The van der Waals surface area contributed by atoms with Crippen LogP contribution in [0, 0.1) is 29.6 Å². The summed E-state index contributed by atoms with van der Waals surface area (Å²) in [6.45, 7) is 21.0. The number of aliphatic hydroxyl groups excluding tert-OH is 1. The second kappa shape index (κ2) is 39.8. The van der Waals surface area contributed by atoms with E-state index in [2.05, 4.69) is 31.5 Å². The molecule has 3 aliphatic rings. The summed E-state index contributed by atoms with van der Waals surface area (Å²) in [5.41, 5.74) is 1.49. The number of rotatable bonds is 39. The van der Waals surface area contributed by atoms with Crippen LogP contribution in [0.25, 0.3) is 0 Å². The number of carbonyl (C=O) groups excluding carboxylic acids is 9. The van der Waals surface area contributed by atoms with Crippen LogP contribution in [0.15, 0.2) is 66.7 Å². The first-order chi connectivity index (χ1) is 46.8. The van der Waals surface area contributed by atoms with Crippen molar-refractivity contribution in [3.05, 3.63) is 77.9 Å². The molecule has 6 N–H and O–H groups in total. The number of alkyl halides is 3. The summed E-state index contributed by atoms with van der Waals surface area (Å²) in [6.07, 6.45) is -2.95. The molecular formula is C72H111F3N10O14. The van der Waals surface area contributed by atoms with Gasteiger partial charge in [0.05, 0.1) is 68.0 Å². The van der Waals surface area contributed by atoms with Crippen LogP contribution in [-0.4, -0.2) is 224 Å². The number of likely N-dealkylation sites (tertiary alicyclic amines) is 1. The van der Waals surface area contributed by atoms with Crippen LogP contribution in [0.5, 0.6) is 0 Å². The number of amides is 9. The maximum absolute atomic E-state index is 14.9. The lowest BCUT2D eigenvalue weighted by molar-refractivity contribution is -0.161. The number of ether oxygens (including phenoxy) is 4. The Morgan fingerprint density at radius 1 is 0.707 bits per heavy atom. The number of nitrogens with zero attached hydrogens (tertiary/aromatic N) is 5. The van der Waals surface area contributed by atoms with Gasteiger partial charge in [0.2, 0.25) is 35.4 Å². The van der Waals surface area contributed by atoms with Crippen molar-refractivity contribution >= 4 is 59.0 Å². The zero-order valence-electron chi connectivity index (χ0n) is 60.4. The van der Waals surface area contributed by atoms with Crippen molar-refractivity contribution in [1.29, 1.82) is 0 Å². The highest BCUT2D eigenvalue weighted by Gasteiger charge is 2.45. The van der Waals surface area contributed by atoms with E-state index >= 15 is 0 Å². The first kappa shape index (κ1) is 82.6. The maximum atomic E-state index is 14.9. The topological polar surface area (TPSA) is 287 Å².